The molecule has 0 aliphatic rings. The van der Waals surface area contributed by atoms with Gasteiger partial charge in [0.2, 0.25) is 0 Å². The van der Waals surface area contributed by atoms with Crippen LogP contribution >= 0.6 is 15.6 Å². The minimum Gasteiger partial charge on any atom is -0.462 e. The molecule has 0 saturated heterocycles. The molecule has 19 heteroatoms. The van der Waals surface area contributed by atoms with Crippen LogP contribution < -0.4 is 0 Å². The largest absolute Gasteiger partial charge is 0.472 e. The van der Waals surface area contributed by atoms with Crippen molar-refractivity contribution in [1.82, 2.24) is 0 Å². The Hall–Kier alpha value is -1.94. The van der Waals surface area contributed by atoms with Crippen LogP contribution in [0.15, 0.2) is 0 Å². The Bertz CT molecular complexity index is 1580. The van der Waals surface area contributed by atoms with E-state index in [9.17, 15) is 43.2 Å². The molecule has 0 radical (unpaired) electrons. The SMILES string of the molecule is CCCCCCCCCCCCCCC(=O)OC[C@H](COP(=O)(O)OC[C@@H](O)COP(=O)(O)OC[C@@H](COC(=O)CCCCCCCCCC)OC(=O)CCCCCCCCCC)OC(=O)CCCCCCCCCCCCC(C)C. The lowest BCUT2D eigenvalue weighted by atomic mass is 10.0. The molecule has 0 spiro atoms. The molecule has 0 saturated carbocycles. The van der Waals surface area contributed by atoms with Gasteiger partial charge in [0.05, 0.1) is 26.4 Å². The zero-order valence-electron chi connectivity index (χ0n) is 51.9. The summed E-state index contributed by atoms with van der Waals surface area (Å²) in [5.41, 5.74) is 0. The number of ether oxygens (including phenoxy) is 4. The van der Waals surface area contributed by atoms with Crippen molar-refractivity contribution in [1.29, 1.82) is 0 Å². The second-order valence-electron chi connectivity index (χ2n) is 22.9. The van der Waals surface area contributed by atoms with Gasteiger partial charge in [0.25, 0.3) is 0 Å². The maximum atomic E-state index is 13.0. The highest BCUT2D eigenvalue weighted by atomic mass is 31.2. The molecule has 0 aliphatic heterocycles. The molecule has 0 amide bonds. The molecule has 0 fully saturated rings. The van der Waals surface area contributed by atoms with Crippen LogP contribution in [0.4, 0.5) is 0 Å². The molecule has 2 unspecified atom stereocenters. The summed E-state index contributed by atoms with van der Waals surface area (Å²) in [6.45, 7) is 7.12. The smallest absolute Gasteiger partial charge is 0.462 e. The number of aliphatic hydroxyl groups is 1. The van der Waals surface area contributed by atoms with Gasteiger partial charge in [0.15, 0.2) is 12.2 Å². The molecule has 0 aromatic heterocycles. The Kier molecular flexibility index (Phi) is 54.6. The normalized spacial score (nSPS) is 14.3. The fourth-order valence-electron chi connectivity index (χ4n) is 9.23. The molecule has 3 N–H and O–H groups in total. The van der Waals surface area contributed by atoms with Crippen LogP contribution in [0.1, 0.15) is 311 Å². The van der Waals surface area contributed by atoms with Crippen molar-refractivity contribution >= 4 is 39.5 Å². The number of carbonyl (C=O) groups is 4. The van der Waals surface area contributed by atoms with E-state index < -0.39 is 97.5 Å². The van der Waals surface area contributed by atoms with Gasteiger partial charge in [-0.05, 0) is 31.6 Å². The van der Waals surface area contributed by atoms with E-state index in [4.69, 9.17) is 37.0 Å². The third kappa shape index (κ3) is 56.9. The third-order valence-corrected chi connectivity index (χ3v) is 16.2. The van der Waals surface area contributed by atoms with E-state index in [1.807, 2.05) is 0 Å². The Morgan fingerprint density at radius 2 is 0.568 bits per heavy atom. The predicted octanol–water partition coefficient (Wildman–Crippen LogP) is 17.0. The minimum atomic E-state index is -4.94. The first-order valence-electron chi connectivity index (χ1n) is 32.6. The number of hydrogen-bond acceptors (Lipinski definition) is 15. The maximum Gasteiger partial charge on any atom is 0.472 e. The Labute approximate surface area is 492 Å². The Morgan fingerprint density at radius 3 is 0.840 bits per heavy atom. The zero-order valence-corrected chi connectivity index (χ0v) is 53.7. The zero-order chi connectivity index (χ0) is 59.9. The quantitative estimate of drug-likeness (QED) is 0.0222. The average Bonchev–Trinajstić information content (AvgIpc) is 3.44. The summed E-state index contributed by atoms with van der Waals surface area (Å²) in [6.07, 6.45) is 39.0. The van der Waals surface area contributed by atoms with E-state index in [0.29, 0.717) is 25.7 Å². The van der Waals surface area contributed by atoms with Crippen LogP contribution in [0.25, 0.3) is 0 Å². The topological polar surface area (TPSA) is 237 Å². The molecular formula is C62H120O17P2. The van der Waals surface area contributed by atoms with Crippen molar-refractivity contribution in [2.75, 3.05) is 39.6 Å². The fourth-order valence-corrected chi connectivity index (χ4v) is 10.8. The van der Waals surface area contributed by atoms with E-state index in [-0.39, 0.29) is 25.7 Å². The lowest BCUT2D eigenvalue weighted by Crippen LogP contribution is -2.30. The third-order valence-electron chi connectivity index (χ3n) is 14.3. The van der Waals surface area contributed by atoms with Crippen LogP contribution in [-0.4, -0.2) is 96.7 Å². The molecule has 17 nitrogen and oxygen atoms in total. The van der Waals surface area contributed by atoms with Crippen molar-refractivity contribution in [3.63, 3.8) is 0 Å². The molecule has 480 valence electrons. The standard InChI is InChI=1S/C62H120O17P2/c1-6-9-12-15-18-21-22-23-27-32-36-41-46-60(65)73-52-58(79-62(67)48-43-38-33-28-25-24-26-29-34-39-44-55(4)5)54-77-81(70,71)75-50-56(63)49-74-80(68,69)76-53-57(78-61(66)47-42-37-31-20-17-14-11-8-3)51-72-59(64)45-40-35-30-19-16-13-10-7-2/h55-58,63H,6-54H2,1-5H3,(H,68,69)(H,70,71)/t56-,57+,58+/m0/s1. The number of rotatable bonds is 62. The number of hydrogen-bond donors (Lipinski definition) is 3. The minimum absolute atomic E-state index is 0.105. The van der Waals surface area contributed by atoms with Crippen LogP contribution in [0.5, 0.6) is 0 Å². The van der Waals surface area contributed by atoms with Crippen molar-refractivity contribution in [3.05, 3.63) is 0 Å². The number of phosphoric acid groups is 2. The Morgan fingerprint density at radius 1 is 0.333 bits per heavy atom. The number of aliphatic hydroxyl groups excluding tert-OH is 1. The highest BCUT2D eigenvalue weighted by Crippen LogP contribution is 2.45. The summed E-state index contributed by atoms with van der Waals surface area (Å²) in [5, 5.41) is 10.5. The van der Waals surface area contributed by atoms with E-state index in [0.717, 1.165) is 109 Å². The molecule has 5 atom stereocenters. The van der Waals surface area contributed by atoms with Gasteiger partial charge in [-0.15, -0.1) is 0 Å². The van der Waals surface area contributed by atoms with Gasteiger partial charge < -0.3 is 33.8 Å². The van der Waals surface area contributed by atoms with E-state index in [2.05, 4.69) is 34.6 Å². The van der Waals surface area contributed by atoms with Gasteiger partial charge >= 0.3 is 39.5 Å². The Balaban J connectivity index is 5.21. The fraction of sp³-hybridized carbons (Fsp3) is 0.935. The lowest BCUT2D eigenvalue weighted by Gasteiger charge is -2.21. The summed E-state index contributed by atoms with van der Waals surface area (Å²) < 4.78 is 67.8. The van der Waals surface area contributed by atoms with Crippen molar-refractivity contribution < 1.29 is 80.2 Å². The lowest BCUT2D eigenvalue weighted by molar-refractivity contribution is -0.161. The highest BCUT2D eigenvalue weighted by Gasteiger charge is 2.30. The average molecular weight is 1200 g/mol. The summed E-state index contributed by atoms with van der Waals surface area (Å²) in [4.78, 5) is 72.0. The number of unbranched alkanes of at least 4 members (excludes halogenated alkanes) is 34. The van der Waals surface area contributed by atoms with E-state index in [1.54, 1.807) is 0 Å². The van der Waals surface area contributed by atoms with Crippen LogP contribution in [-0.2, 0) is 65.4 Å². The van der Waals surface area contributed by atoms with Crippen molar-refractivity contribution in [2.24, 2.45) is 5.92 Å². The summed E-state index contributed by atoms with van der Waals surface area (Å²) in [7, 11) is -9.88. The van der Waals surface area contributed by atoms with Gasteiger partial charge in [0.1, 0.15) is 19.3 Å². The van der Waals surface area contributed by atoms with Crippen LogP contribution in [0.3, 0.4) is 0 Å². The molecule has 0 bridgehead atoms. The molecule has 0 rings (SSSR count). The van der Waals surface area contributed by atoms with Gasteiger partial charge in [-0.25, -0.2) is 9.13 Å². The van der Waals surface area contributed by atoms with Crippen LogP contribution in [0, 0.1) is 5.92 Å². The summed E-state index contributed by atoms with van der Waals surface area (Å²) in [5.74, 6) is -1.39. The summed E-state index contributed by atoms with van der Waals surface area (Å²) >= 11 is 0. The van der Waals surface area contributed by atoms with Gasteiger partial charge in [0, 0.05) is 25.7 Å². The molecule has 0 aliphatic carbocycles. The molecule has 0 aromatic carbocycles. The molecule has 0 heterocycles. The molecule has 81 heavy (non-hydrogen) atoms. The molecule has 0 aromatic rings. The monoisotopic (exact) mass is 1200 g/mol. The van der Waals surface area contributed by atoms with Gasteiger partial charge in [-0.2, -0.15) is 0 Å². The van der Waals surface area contributed by atoms with Crippen LogP contribution in [0.2, 0.25) is 0 Å². The predicted molar refractivity (Wildman–Crippen MR) is 322 cm³/mol. The molecular weight excluding hydrogens is 1080 g/mol. The first-order valence-corrected chi connectivity index (χ1v) is 35.6. The van der Waals surface area contributed by atoms with Crippen molar-refractivity contribution in [2.45, 2.75) is 329 Å². The summed E-state index contributed by atoms with van der Waals surface area (Å²) in [6, 6.07) is 0. The van der Waals surface area contributed by atoms with Gasteiger partial charge in [-0.3, -0.25) is 37.3 Å². The maximum absolute atomic E-state index is 13.0. The second-order valence-corrected chi connectivity index (χ2v) is 25.8. The second kappa shape index (κ2) is 55.9. The number of phosphoric ester groups is 2. The van der Waals surface area contributed by atoms with Gasteiger partial charge in [-0.1, -0.05) is 259 Å². The number of esters is 4. The highest BCUT2D eigenvalue weighted by molar-refractivity contribution is 7.47. The first-order chi connectivity index (χ1) is 39.0. The number of carbonyl (C=O) groups excluding carboxylic acids is 4. The first kappa shape index (κ1) is 79.1. The van der Waals surface area contributed by atoms with E-state index in [1.165, 1.54) is 122 Å². The van der Waals surface area contributed by atoms with Crippen molar-refractivity contribution in [3.8, 4) is 0 Å². The van der Waals surface area contributed by atoms with E-state index >= 15 is 0 Å².